The summed E-state index contributed by atoms with van der Waals surface area (Å²) in [6, 6.07) is 10.4. The van der Waals surface area contributed by atoms with Gasteiger partial charge in [0.1, 0.15) is 10.7 Å². The summed E-state index contributed by atoms with van der Waals surface area (Å²) in [7, 11) is 1.79. The Bertz CT molecular complexity index is 1170. The van der Waals surface area contributed by atoms with E-state index in [4.69, 9.17) is 0 Å². The van der Waals surface area contributed by atoms with E-state index in [0.29, 0.717) is 19.0 Å². The van der Waals surface area contributed by atoms with Gasteiger partial charge in [-0.05, 0) is 49.8 Å². The van der Waals surface area contributed by atoms with E-state index in [2.05, 4.69) is 29.5 Å². The average Bonchev–Trinajstić information content (AvgIpc) is 3.56. The average molecular weight is 463 g/mol. The molecule has 1 aromatic carbocycles. The molecule has 1 amide bonds. The van der Waals surface area contributed by atoms with E-state index >= 15 is 0 Å². The minimum atomic E-state index is -0.173. The fourth-order valence-corrected chi connectivity index (χ4v) is 6.18. The maximum absolute atomic E-state index is 13.0. The summed E-state index contributed by atoms with van der Waals surface area (Å²) >= 11 is 1.62. The summed E-state index contributed by atoms with van der Waals surface area (Å²) in [5.41, 5.74) is 5.01. The number of aryl methyl sites for hydroxylation is 1. The molecule has 172 valence electrons. The van der Waals surface area contributed by atoms with Crippen LogP contribution in [-0.4, -0.2) is 39.6 Å². The second kappa shape index (κ2) is 9.14. The lowest BCUT2D eigenvalue weighted by Crippen LogP contribution is -2.31. The number of rotatable bonds is 5. The first-order chi connectivity index (χ1) is 16.0. The first kappa shape index (κ1) is 21.9. The standard InChI is InChI=1S/C26H30N4O2S/c1-17-10-12-18(13-11-17)16-29(2)26(32)30-15-14-21(28-30)24-20-8-5-9-22(31)23(20)25(33-24)27-19-6-3-4-7-19/h10-15,19,27H,3-9,16H2,1-2H3. The molecule has 1 fully saturated rings. The molecule has 2 aliphatic carbocycles. The molecule has 0 radical (unpaired) electrons. The highest BCUT2D eigenvalue weighted by Gasteiger charge is 2.30. The number of hydrogen-bond donors (Lipinski definition) is 1. The number of aromatic nitrogens is 2. The predicted molar refractivity (Wildman–Crippen MR) is 132 cm³/mol. The first-order valence-electron chi connectivity index (χ1n) is 11.8. The van der Waals surface area contributed by atoms with Crippen molar-refractivity contribution < 1.29 is 9.59 Å². The molecule has 2 heterocycles. The predicted octanol–water partition coefficient (Wildman–Crippen LogP) is 5.89. The second-order valence-electron chi connectivity index (χ2n) is 9.29. The third-order valence-corrected chi connectivity index (χ3v) is 7.88. The fraction of sp³-hybridized carbons (Fsp3) is 0.423. The van der Waals surface area contributed by atoms with Gasteiger partial charge in [0.2, 0.25) is 0 Å². The van der Waals surface area contributed by atoms with Gasteiger partial charge in [-0.1, -0.05) is 42.7 Å². The lowest BCUT2D eigenvalue weighted by atomic mass is 9.91. The van der Waals surface area contributed by atoms with Gasteiger partial charge in [-0.2, -0.15) is 9.78 Å². The lowest BCUT2D eigenvalue weighted by Gasteiger charge is -2.17. The Morgan fingerprint density at radius 2 is 1.91 bits per heavy atom. The summed E-state index contributed by atoms with van der Waals surface area (Å²) < 4.78 is 1.41. The summed E-state index contributed by atoms with van der Waals surface area (Å²) in [5, 5.41) is 9.28. The molecule has 6 nitrogen and oxygen atoms in total. The monoisotopic (exact) mass is 462 g/mol. The minimum Gasteiger partial charge on any atom is -0.374 e. The summed E-state index contributed by atoms with van der Waals surface area (Å²) in [4.78, 5) is 28.5. The first-order valence-corrected chi connectivity index (χ1v) is 12.6. The zero-order valence-electron chi connectivity index (χ0n) is 19.3. The molecule has 1 N–H and O–H groups in total. The van der Waals surface area contributed by atoms with Crippen molar-refractivity contribution in [3.8, 4) is 10.6 Å². The number of thiophene rings is 1. The van der Waals surface area contributed by atoms with Gasteiger partial charge in [-0.3, -0.25) is 4.79 Å². The molecule has 0 aliphatic heterocycles. The number of Topliss-reactive ketones (excluding diaryl/α,β-unsaturated/α-hetero) is 1. The number of anilines is 1. The Morgan fingerprint density at radius 1 is 1.15 bits per heavy atom. The fourth-order valence-electron chi connectivity index (χ4n) is 4.87. The zero-order chi connectivity index (χ0) is 22.9. The molecule has 0 atom stereocenters. The SMILES string of the molecule is Cc1ccc(CN(C)C(=O)n2ccc(-c3sc(NC4CCCC4)c4c3CCCC4=O)n2)cc1. The number of fused-ring (bicyclic) bond motifs is 1. The van der Waals surface area contributed by atoms with Crippen molar-refractivity contribution in [3.05, 3.63) is 58.8 Å². The van der Waals surface area contributed by atoms with Crippen LogP contribution >= 0.6 is 11.3 Å². The lowest BCUT2D eigenvalue weighted by molar-refractivity contribution is 0.0974. The summed E-state index contributed by atoms with van der Waals surface area (Å²) in [5.74, 6) is 0.229. The van der Waals surface area contributed by atoms with Crippen LogP contribution in [0.2, 0.25) is 0 Å². The van der Waals surface area contributed by atoms with Crippen LogP contribution in [0.15, 0.2) is 36.5 Å². The van der Waals surface area contributed by atoms with Gasteiger partial charge < -0.3 is 10.2 Å². The van der Waals surface area contributed by atoms with E-state index in [0.717, 1.165) is 57.9 Å². The number of amides is 1. The van der Waals surface area contributed by atoms with E-state index in [1.807, 2.05) is 18.2 Å². The summed E-state index contributed by atoms with van der Waals surface area (Å²) in [6.45, 7) is 2.57. The Morgan fingerprint density at radius 3 is 2.67 bits per heavy atom. The van der Waals surface area contributed by atoms with Crippen molar-refractivity contribution in [2.75, 3.05) is 12.4 Å². The van der Waals surface area contributed by atoms with E-state index in [9.17, 15) is 9.59 Å². The Hall–Kier alpha value is -2.93. The number of hydrogen-bond acceptors (Lipinski definition) is 5. The van der Waals surface area contributed by atoms with Gasteiger partial charge in [-0.15, -0.1) is 11.3 Å². The maximum Gasteiger partial charge on any atom is 0.344 e. The van der Waals surface area contributed by atoms with E-state index in [1.165, 1.54) is 23.1 Å². The van der Waals surface area contributed by atoms with Crippen LogP contribution in [0.25, 0.3) is 10.6 Å². The Labute approximate surface area is 198 Å². The highest BCUT2D eigenvalue weighted by molar-refractivity contribution is 7.20. The molecule has 2 aliphatic rings. The van der Waals surface area contributed by atoms with E-state index in [1.54, 1.807) is 29.5 Å². The van der Waals surface area contributed by atoms with Gasteiger partial charge in [0.25, 0.3) is 0 Å². The van der Waals surface area contributed by atoms with Crippen molar-refractivity contribution in [2.45, 2.75) is 64.5 Å². The highest BCUT2D eigenvalue weighted by atomic mass is 32.1. The quantitative estimate of drug-likeness (QED) is 0.513. The molecular formula is C26H30N4O2S. The molecule has 0 bridgehead atoms. The van der Waals surface area contributed by atoms with Crippen LogP contribution in [0, 0.1) is 6.92 Å². The van der Waals surface area contributed by atoms with Crippen LogP contribution < -0.4 is 5.32 Å². The molecule has 0 unspecified atom stereocenters. The van der Waals surface area contributed by atoms with Crippen LogP contribution in [0.4, 0.5) is 9.80 Å². The number of carbonyl (C=O) groups is 2. The molecule has 0 saturated heterocycles. The van der Waals surface area contributed by atoms with Crippen LogP contribution in [0.5, 0.6) is 0 Å². The molecule has 1 saturated carbocycles. The van der Waals surface area contributed by atoms with Crippen molar-refractivity contribution in [1.82, 2.24) is 14.7 Å². The molecule has 3 aromatic rings. The molecule has 0 spiro atoms. The second-order valence-corrected chi connectivity index (χ2v) is 10.3. The maximum atomic E-state index is 13.0. The smallest absolute Gasteiger partial charge is 0.344 e. The molecular weight excluding hydrogens is 432 g/mol. The van der Waals surface area contributed by atoms with Gasteiger partial charge in [-0.25, -0.2) is 4.79 Å². The Kier molecular flexibility index (Phi) is 6.06. The normalized spacial score (nSPS) is 16.1. The van der Waals surface area contributed by atoms with Crippen LogP contribution in [0.3, 0.4) is 0 Å². The van der Waals surface area contributed by atoms with Crippen LogP contribution in [-0.2, 0) is 13.0 Å². The summed E-state index contributed by atoms with van der Waals surface area (Å²) in [6.07, 6.45) is 8.90. The molecule has 33 heavy (non-hydrogen) atoms. The topological polar surface area (TPSA) is 67.2 Å². The van der Waals surface area contributed by atoms with Crippen molar-refractivity contribution >= 4 is 28.2 Å². The molecule has 7 heteroatoms. The van der Waals surface area contributed by atoms with Crippen molar-refractivity contribution in [3.63, 3.8) is 0 Å². The number of ketones is 1. The minimum absolute atomic E-state index is 0.173. The van der Waals surface area contributed by atoms with Crippen LogP contribution in [0.1, 0.15) is 65.6 Å². The van der Waals surface area contributed by atoms with Gasteiger partial charge in [0.15, 0.2) is 5.78 Å². The van der Waals surface area contributed by atoms with Crippen molar-refractivity contribution in [1.29, 1.82) is 0 Å². The molecule has 2 aromatic heterocycles. The Balaban J connectivity index is 1.39. The van der Waals surface area contributed by atoms with E-state index in [-0.39, 0.29) is 11.8 Å². The van der Waals surface area contributed by atoms with Crippen molar-refractivity contribution in [2.24, 2.45) is 0 Å². The third kappa shape index (κ3) is 4.47. The number of nitrogens with zero attached hydrogens (tertiary/aromatic N) is 3. The number of nitrogens with one attached hydrogen (secondary N) is 1. The van der Waals surface area contributed by atoms with E-state index < -0.39 is 0 Å². The number of benzene rings is 1. The van der Waals surface area contributed by atoms with Gasteiger partial charge in [0, 0.05) is 32.3 Å². The third-order valence-electron chi connectivity index (χ3n) is 6.69. The number of carbonyl (C=O) groups excluding carboxylic acids is 2. The molecule has 5 rings (SSSR count). The zero-order valence-corrected chi connectivity index (χ0v) is 20.1. The highest BCUT2D eigenvalue weighted by Crippen LogP contribution is 2.44. The van der Waals surface area contributed by atoms with Gasteiger partial charge >= 0.3 is 6.03 Å². The largest absolute Gasteiger partial charge is 0.374 e. The van der Waals surface area contributed by atoms with Gasteiger partial charge in [0.05, 0.1) is 10.4 Å².